The summed E-state index contributed by atoms with van der Waals surface area (Å²) in [5.74, 6) is -1.16. The van der Waals surface area contributed by atoms with Crippen LogP contribution in [0.1, 0.15) is 17.0 Å². The number of hydrazone groups is 1. The molecule has 24 heavy (non-hydrogen) atoms. The first-order valence-electron chi connectivity index (χ1n) is 7.19. The number of ether oxygens (including phenoxy) is 1. The van der Waals surface area contributed by atoms with Crippen LogP contribution >= 0.6 is 0 Å². The lowest BCUT2D eigenvalue weighted by Crippen LogP contribution is -2.28. The number of aliphatic carboxylic acids is 1. The number of carbonyl (C=O) groups is 2. The summed E-state index contributed by atoms with van der Waals surface area (Å²) in [6.45, 7) is 3.32. The Kier molecular flexibility index (Phi) is 5.67. The maximum atomic E-state index is 11.8. The molecule has 1 N–H and O–H groups in total. The number of carbonyl (C=O) groups excluding carboxylic acids is 2. The molecule has 8 nitrogen and oxygen atoms in total. The Hall–Kier alpha value is -3.16. The van der Waals surface area contributed by atoms with Crippen LogP contribution < -0.4 is 15.3 Å². The number of hydrogen-bond donors (Lipinski definition) is 1. The maximum absolute atomic E-state index is 11.8. The van der Waals surface area contributed by atoms with Crippen molar-refractivity contribution >= 4 is 18.1 Å². The molecular formula is C16H17N4O4-. The summed E-state index contributed by atoms with van der Waals surface area (Å²) < 4.78 is 6.56. The lowest BCUT2D eigenvalue weighted by Gasteiger charge is -2.06. The summed E-state index contributed by atoms with van der Waals surface area (Å²) in [5.41, 5.74) is 4.90. The Labute approximate surface area is 138 Å². The largest absolute Gasteiger partial charge is 0.546 e. The van der Waals surface area contributed by atoms with Gasteiger partial charge >= 0.3 is 0 Å². The van der Waals surface area contributed by atoms with E-state index in [1.165, 1.54) is 6.21 Å². The van der Waals surface area contributed by atoms with Gasteiger partial charge in [0.2, 0.25) is 0 Å². The molecule has 1 aromatic heterocycles. The molecule has 0 saturated heterocycles. The summed E-state index contributed by atoms with van der Waals surface area (Å²) in [6, 6.07) is 8.45. The molecule has 8 heteroatoms. The molecule has 0 spiro atoms. The topological polar surface area (TPSA) is 109 Å². The van der Waals surface area contributed by atoms with Gasteiger partial charge in [0, 0.05) is 5.69 Å². The van der Waals surface area contributed by atoms with Crippen LogP contribution in [-0.2, 0) is 16.1 Å². The highest BCUT2D eigenvalue weighted by Crippen LogP contribution is 2.10. The van der Waals surface area contributed by atoms with Crippen molar-refractivity contribution in [1.29, 1.82) is 0 Å². The minimum absolute atomic E-state index is 0.0903. The Morgan fingerprint density at radius 1 is 1.33 bits per heavy atom. The van der Waals surface area contributed by atoms with Crippen LogP contribution in [0.3, 0.4) is 0 Å². The van der Waals surface area contributed by atoms with Crippen LogP contribution in [-0.4, -0.2) is 34.5 Å². The first-order chi connectivity index (χ1) is 11.4. The molecule has 1 heterocycles. The van der Waals surface area contributed by atoms with Crippen molar-refractivity contribution in [2.75, 3.05) is 6.61 Å². The zero-order valence-corrected chi connectivity index (χ0v) is 13.4. The van der Waals surface area contributed by atoms with Crippen LogP contribution in [0.5, 0.6) is 5.75 Å². The van der Waals surface area contributed by atoms with E-state index in [0.29, 0.717) is 5.75 Å². The van der Waals surface area contributed by atoms with Crippen molar-refractivity contribution in [2.24, 2.45) is 5.10 Å². The first-order valence-corrected chi connectivity index (χ1v) is 7.19. The van der Waals surface area contributed by atoms with Crippen LogP contribution in [0.25, 0.3) is 0 Å². The maximum Gasteiger partial charge on any atom is 0.261 e. The third-order valence-corrected chi connectivity index (χ3v) is 3.04. The van der Waals surface area contributed by atoms with Crippen molar-refractivity contribution in [2.45, 2.75) is 20.4 Å². The van der Waals surface area contributed by atoms with Crippen molar-refractivity contribution < 1.29 is 19.4 Å². The number of rotatable bonds is 7. The van der Waals surface area contributed by atoms with E-state index in [9.17, 15) is 14.7 Å². The Bertz CT molecular complexity index is 750. The minimum atomic E-state index is -1.29. The predicted octanol–water partition coefficient (Wildman–Crippen LogP) is -0.221. The number of aromatic nitrogens is 2. The predicted molar refractivity (Wildman–Crippen MR) is 84.4 cm³/mol. The molecule has 2 aromatic rings. The fourth-order valence-electron chi connectivity index (χ4n) is 1.98. The van der Waals surface area contributed by atoms with Crippen LogP contribution in [0.2, 0.25) is 0 Å². The van der Waals surface area contributed by atoms with Crippen LogP contribution in [0.15, 0.2) is 35.4 Å². The van der Waals surface area contributed by atoms with Crippen molar-refractivity contribution in [1.82, 2.24) is 15.2 Å². The SMILES string of the molecule is Cc1cc(C)n(CC(=O)N/N=C\c2ccc(OCC(=O)[O-])cc2)n1. The van der Waals surface area contributed by atoms with Crippen molar-refractivity contribution in [3.63, 3.8) is 0 Å². The Morgan fingerprint density at radius 3 is 2.62 bits per heavy atom. The highest BCUT2D eigenvalue weighted by atomic mass is 16.5. The minimum Gasteiger partial charge on any atom is -0.546 e. The Balaban J connectivity index is 1.83. The summed E-state index contributed by atoms with van der Waals surface area (Å²) in [4.78, 5) is 22.1. The molecule has 2 rings (SSSR count). The molecule has 0 radical (unpaired) electrons. The smallest absolute Gasteiger partial charge is 0.261 e. The molecule has 1 amide bonds. The highest BCUT2D eigenvalue weighted by molar-refractivity contribution is 5.82. The van der Waals surface area contributed by atoms with Gasteiger partial charge in [0.1, 0.15) is 18.9 Å². The molecule has 0 fully saturated rings. The molecule has 0 saturated carbocycles. The van der Waals surface area contributed by atoms with Gasteiger partial charge in [-0.1, -0.05) is 0 Å². The number of nitrogens with zero attached hydrogens (tertiary/aromatic N) is 3. The van der Waals surface area contributed by atoms with Gasteiger partial charge in [0.25, 0.3) is 5.91 Å². The van der Waals surface area contributed by atoms with Gasteiger partial charge in [-0.15, -0.1) is 0 Å². The molecule has 0 unspecified atom stereocenters. The van der Waals surface area contributed by atoms with Crippen molar-refractivity contribution in [3.8, 4) is 5.75 Å². The Morgan fingerprint density at radius 2 is 2.04 bits per heavy atom. The number of amides is 1. The number of benzene rings is 1. The standard InChI is InChI=1S/C16H18N4O4/c1-11-7-12(2)20(19-11)9-15(21)18-17-8-13-3-5-14(6-4-13)24-10-16(22)23/h3-8H,9-10H2,1-2H3,(H,18,21)(H,22,23)/p-1/b17-8-. The number of nitrogens with one attached hydrogen (secondary N) is 1. The van der Waals surface area contributed by atoms with E-state index >= 15 is 0 Å². The highest BCUT2D eigenvalue weighted by Gasteiger charge is 2.05. The quantitative estimate of drug-likeness (QED) is 0.558. The van der Waals surface area contributed by atoms with Gasteiger partial charge < -0.3 is 14.6 Å². The van der Waals surface area contributed by atoms with Crippen LogP contribution in [0, 0.1) is 13.8 Å². The van der Waals surface area contributed by atoms with Gasteiger partial charge in [-0.25, -0.2) is 5.43 Å². The van der Waals surface area contributed by atoms with Gasteiger partial charge in [-0.2, -0.15) is 10.2 Å². The van der Waals surface area contributed by atoms with E-state index < -0.39 is 12.6 Å². The summed E-state index contributed by atoms with van der Waals surface area (Å²) in [5, 5.41) is 18.4. The molecule has 0 aliphatic rings. The van der Waals surface area contributed by atoms with Crippen molar-refractivity contribution in [3.05, 3.63) is 47.3 Å². The third kappa shape index (κ3) is 5.24. The van der Waals surface area contributed by atoms with Gasteiger partial charge in [-0.3, -0.25) is 9.48 Å². The lowest BCUT2D eigenvalue weighted by molar-refractivity contribution is -0.307. The fourth-order valence-corrected chi connectivity index (χ4v) is 1.98. The molecule has 0 atom stereocenters. The average Bonchev–Trinajstić information content (AvgIpc) is 2.84. The second-order valence-electron chi connectivity index (χ2n) is 5.11. The number of carboxylic acid groups (broad SMARTS) is 1. The normalized spacial score (nSPS) is 10.8. The summed E-state index contributed by atoms with van der Waals surface area (Å²) in [7, 11) is 0. The van der Waals surface area contributed by atoms with Gasteiger partial charge in [0.05, 0.1) is 17.9 Å². The van der Waals surface area contributed by atoms with E-state index in [1.807, 2.05) is 19.9 Å². The molecule has 1 aromatic carbocycles. The van der Waals surface area contributed by atoms with Gasteiger partial charge in [0.15, 0.2) is 0 Å². The number of carboxylic acids is 1. The monoisotopic (exact) mass is 329 g/mol. The van der Waals surface area contributed by atoms with E-state index in [1.54, 1.807) is 28.9 Å². The molecule has 126 valence electrons. The lowest BCUT2D eigenvalue weighted by atomic mass is 10.2. The zero-order chi connectivity index (χ0) is 17.5. The molecule has 0 aliphatic heterocycles. The third-order valence-electron chi connectivity index (χ3n) is 3.04. The molecule has 0 aliphatic carbocycles. The van der Waals surface area contributed by atoms with E-state index in [4.69, 9.17) is 4.74 Å². The van der Waals surface area contributed by atoms with Gasteiger partial charge in [-0.05, 0) is 49.7 Å². The summed E-state index contributed by atoms with van der Waals surface area (Å²) in [6.07, 6.45) is 1.47. The molecule has 0 bridgehead atoms. The number of hydrogen-bond acceptors (Lipinski definition) is 6. The number of aryl methyl sites for hydroxylation is 2. The first kappa shape index (κ1) is 17.2. The zero-order valence-electron chi connectivity index (χ0n) is 13.4. The van der Waals surface area contributed by atoms with E-state index in [-0.39, 0.29) is 12.5 Å². The second kappa shape index (κ2) is 7.91. The molecular weight excluding hydrogens is 312 g/mol. The summed E-state index contributed by atoms with van der Waals surface area (Å²) >= 11 is 0. The fraction of sp³-hybridized carbons (Fsp3) is 0.250. The van der Waals surface area contributed by atoms with Crippen LogP contribution in [0.4, 0.5) is 0 Å². The average molecular weight is 329 g/mol. The van der Waals surface area contributed by atoms with E-state index in [0.717, 1.165) is 17.0 Å². The van der Waals surface area contributed by atoms with E-state index in [2.05, 4.69) is 15.6 Å². The second-order valence-corrected chi connectivity index (χ2v) is 5.11.